The molecule has 0 fully saturated rings. The van der Waals surface area contributed by atoms with Crippen molar-refractivity contribution < 1.29 is 4.79 Å². The molecule has 1 aromatic heterocycles. The molecule has 2 rings (SSSR count). The van der Waals surface area contributed by atoms with E-state index in [9.17, 15) is 4.79 Å². The van der Waals surface area contributed by atoms with Crippen LogP contribution in [-0.4, -0.2) is 28.7 Å². The summed E-state index contributed by atoms with van der Waals surface area (Å²) >= 11 is 1.53. The van der Waals surface area contributed by atoms with Crippen LogP contribution >= 0.6 is 11.8 Å². The Kier molecular flexibility index (Phi) is 5.37. The lowest BCUT2D eigenvalue weighted by atomic mass is 10.2. The van der Waals surface area contributed by atoms with Gasteiger partial charge in [0.25, 0.3) is 0 Å². The Morgan fingerprint density at radius 1 is 1.25 bits per heavy atom. The summed E-state index contributed by atoms with van der Waals surface area (Å²) in [6, 6.07) is 11.6. The van der Waals surface area contributed by atoms with E-state index in [0.29, 0.717) is 12.4 Å². The van der Waals surface area contributed by atoms with E-state index in [1.165, 1.54) is 18.1 Å². The van der Waals surface area contributed by atoms with Gasteiger partial charge in [0.05, 0.1) is 6.54 Å². The first-order chi connectivity index (χ1) is 9.78. The lowest BCUT2D eigenvalue weighted by molar-refractivity contribution is -0.119. The molecule has 0 aliphatic heterocycles. The van der Waals surface area contributed by atoms with E-state index in [1.807, 2.05) is 42.7 Å². The highest BCUT2D eigenvalue weighted by Crippen LogP contribution is 2.13. The first kappa shape index (κ1) is 14.3. The number of nitrogens with zero attached hydrogens (tertiary/aromatic N) is 2. The maximum Gasteiger partial charge on any atom is 0.239 e. The molecule has 5 nitrogen and oxygen atoms in total. The van der Waals surface area contributed by atoms with Crippen molar-refractivity contribution >= 4 is 23.5 Å². The number of rotatable bonds is 6. The molecule has 2 N–H and O–H groups in total. The summed E-state index contributed by atoms with van der Waals surface area (Å²) in [5.74, 6) is 0.581. The largest absolute Gasteiger partial charge is 0.361 e. The summed E-state index contributed by atoms with van der Waals surface area (Å²) in [6.45, 7) is 0.721. The van der Waals surface area contributed by atoms with E-state index in [1.54, 1.807) is 0 Å². The van der Waals surface area contributed by atoms with E-state index in [2.05, 4.69) is 20.6 Å². The summed E-state index contributed by atoms with van der Waals surface area (Å²) < 4.78 is 0. The van der Waals surface area contributed by atoms with Gasteiger partial charge < -0.3 is 10.6 Å². The summed E-state index contributed by atoms with van der Waals surface area (Å²) in [4.78, 5) is 19.9. The Hall–Kier alpha value is -2.08. The van der Waals surface area contributed by atoms with Crippen LogP contribution in [0.4, 0.5) is 5.82 Å². The summed E-state index contributed by atoms with van der Waals surface area (Å²) in [5.41, 5.74) is 1.08. The molecule has 104 valence electrons. The Balaban J connectivity index is 1.77. The third-order valence-corrected chi connectivity index (χ3v) is 3.26. The van der Waals surface area contributed by atoms with E-state index in [4.69, 9.17) is 0 Å². The topological polar surface area (TPSA) is 66.9 Å². The number of hydrogen-bond donors (Lipinski definition) is 2. The molecule has 20 heavy (non-hydrogen) atoms. The standard InChI is InChI=1S/C14H16N4OS/c1-20-14-7-12(17-10-18-14)15-9-13(19)16-8-11-5-3-2-4-6-11/h2-7,10H,8-9H2,1H3,(H,16,19)(H,15,17,18). The van der Waals surface area contributed by atoms with Crippen molar-refractivity contribution in [2.75, 3.05) is 18.1 Å². The first-order valence-corrected chi connectivity index (χ1v) is 7.41. The molecule has 0 saturated carbocycles. The molecule has 0 aliphatic carbocycles. The molecule has 0 spiro atoms. The summed E-state index contributed by atoms with van der Waals surface area (Å²) in [6.07, 6.45) is 3.43. The van der Waals surface area contributed by atoms with Crippen molar-refractivity contribution in [1.82, 2.24) is 15.3 Å². The van der Waals surface area contributed by atoms with Crippen molar-refractivity contribution in [2.24, 2.45) is 0 Å². The smallest absolute Gasteiger partial charge is 0.239 e. The number of carbonyl (C=O) groups excluding carboxylic acids is 1. The van der Waals surface area contributed by atoms with Gasteiger partial charge in [0.1, 0.15) is 17.2 Å². The Labute approximate surface area is 122 Å². The van der Waals surface area contributed by atoms with Crippen molar-refractivity contribution in [3.63, 3.8) is 0 Å². The second kappa shape index (κ2) is 7.49. The van der Waals surface area contributed by atoms with Crippen LogP contribution < -0.4 is 10.6 Å². The zero-order chi connectivity index (χ0) is 14.2. The minimum atomic E-state index is -0.0711. The molecular weight excluding hydrogens is 272 g/mol. The average Bonchev–Trinajstić information content (AvgIpc) is 2.52. The van der Waals surface area contributed by atoms with Crippen LogP contribution in [0.5, 0.6) is 0 Å². The second-order valence-corrected chi connectivity index (χ2v) is 4.89. The van der Waals surface area contributed by atoms with Gasteiger partial charge in [0.15, 0.2) is 0 Å². The van der Waals surface area contributed by atoms with E-state index >= 15 is 0 Å². The number of anilines is 1. The predicted octanol–water partition coefficient (Wildman–Crippen LogP) is 1.93. The number of hydrogen-bond acceptors (Lipinski definition) is 5. The fraction of sp³-hybridized carbons (Fsp3) is 0.214. The summed E-state index contributed by atoms with van der Waals surface area (Å²) in [5, 5.41) is 6.69. The maximum absolute atomic E-state index is 11.7. The van der Waals surface area contributed by atoms with Gasteiger partial charge in [0, 0.05) is 12.6 Å². The molecule has 1 aromatic carbocycles. The number of carbonyl (C=O) groups is 1. The molecule has 0 radical (unpaired) electrons. The normalized spacial score (nSPS) is 10.1. The fourth-order valence-corrected chi connectivity index (χ4v) is 1.96. The molecule has 6 heteroatoms. The highest BCUT2D eigenvalue weighted by molar-refractivity contribution is 7.98. The van der Waals surface area contributed by atoms with Crippen LogP contribution in [0.25, 0.3) is 0 Å². The molecule has 1 amide bonds. The van der Waals surface area contributed by atoms with Gasteiger partial charge in [-0.3, -0.25) is 4.79 Å². The fourth-order valence-electron chi connectivity index (χ4n) is 1.58. The molecule has 1 heterocycles. The highest BCUT2D eigenvalue weighted by Gasteiger charge is 2.02. The molecule has 0 aliphatic rings. The van der Waals surface area contributed by atoms with E-state index in [0.717, 1.165) is 10.6 Å². The Morgan fingerprint density at radius 2 is 2.05 bits per heavy atom. The number of amides is 1. The molecule has 0 bridgehead atoms. The number of thioether (sulfide) groups is 1. The maximum atomic E-state index is 11.7. The Morgan fingerprint density at radius 3 is 2.80 bits per heavy atom. The van der Waals surface area contributed by atoms with E-state index in [-0.39, 0.29) is 12.5 Å². The first-order valence-electron chi connectivity index (χ1n) is 6.18. The zero-order valence-electron chi connectivity index (χ0n) is 11.2. The molecular formula is C14H16N4OS. The van der Waals surface area contributed by atoms with Gasteiger partial charge >= 0.3 is 0 Å². The van der Waals surface area contributed by atoms with Gasteiger partial charge in [-0.1, -0.05) is 30.3 Å². The van der Waals surface area contributed by atoms with Gasteiger partial charge in [-0.05, 0) is 11.8 Å². The highest BCUT2D eigenvalue weighted by atomic mass is 32.2. The van der Waals surface area contributed by atoms with Crippen LogP contribution in [0.2, 0.25) is 0 Å². The van der Waals surface area contributed by atoms with E-state index < -0.39 is 0 Å². The lowest BCUT2D eigenvalue weighted by Gasteiger charge is -2.07. The monoisotopic (exact) mass is 288 g/mol. The molecule has 2 aromatic rings. The summed E-state index contributed by atoms with van der Waals surface area (Å²) in [7, 11) is 0. The van der Waals surface area contributed by atoms with Crippen LogP contribution in [0.3, 0.4) is 0 Å². The van der Waals surface area contributed by atoms with Crippen LogP contribution in [0.1, 0.15) is 5.56 Å². The molecule has 0 unspecified atom stereocenters. The van der Waals surface area contributed by atoms with Crippen molar-refractivity contribution in [1.29, 1.82) is 0 Å². The zero-order valence-corrected chi connectivity index (χ0v) is 12.0. The van der Waals surface area contributed by atoms with Crippen LogP contribution in [-0.2, 0) is 11.3 Å². The minimum Gasteiger partial charge on any atom is -0.361 e. The third kappa shape index (κ3) is 4.55. The van der Waals surface area contributed by atoms with Crippen molar-refractivity contribution in [2.45, 2.75) is 11.6 Å². The number of benzene rings is 1. The van der Waals surface area contributed by atoms with Crippen molar-refractivity contribution in [3.05, 3.63) is 48.3 Å². The van der Waals surface area contributed by atoms with Crippen LogP contribution in [0.15, 0.2) is 47.8 Å². The minimum absolute atomic E-state index is 0.0711. The van der Waals surface area contributed by atoms with Crippen LogP contribution in [0, 0.1) is 0 Å². The SMILES string of the molecule is CSc1cc(NCC(=O)NCc2ccccc2)ncn1. The average molecular weight is 288 g/mol. The quantitative estimate of drug-likeness (QED) is 0.628. The van der Waals surface area contributed by atoms with Gasteiger partial charge in [-0.2, -0.15) is 0 Å². The molecule has 0 saturated heterocycles. The Bertz CT molecular complexity index is 562. The van der Waals surface area contributed by atoms with Gasteiger partial charge in [-0.25, -0.2) is 9.97 Å². The van der Waals surface area contributed by atoms with Gasteiger partial charge in [-0.15, -0.1) is 11.8 Å². The third-order valence-electron chi connectivity index (χ3n) is 2.61. The predicted molar refractivity (Wildman–Crippen MR) is 80.6 cm³/mol. The number of aromatic nitrogens is 2. The lowest BCUT2D eigenvalue weighted by Crippen LogP contribution is -2.29. The molecule has 0 atom stereocenters. The van der Waals surface area contributed by atoms with Gasteiger partial charge in [0.2, 0.25) is 5.91 Å². The second-order valence-electron chi connectivity index (χ2n) is 4.06. The number of nitrogens with one attached hydrogen (secondary N) is 2. The van der Waals surface area contributed by atoms with Crippen molar-refractivity contribution in [3.8, 4) is 0 Å².